The Kier molecular flexibility index (Phi) is 6.64. The highest BCUT2D eigenvalue weighted by Crippen LogP contribution is 2.26. The van der Waals surface area contributed by atoms with E-state index in [0.717, 1.165) is 11.3 Å². The summed E-state index contributed by atoms with van der Waals surface area (Å²) < 4.78 is 28.6. The van der Waals surface area contributed by atoms with Gasteiger partial charge in [-0.15, -0.1) is 11.3 Å². The molecular weight excluding hydrogens is 442 g/mol. The van der Waals surface area contributed by atoms with Gasteiger partial charge in [-0.2, -0.15) is 4.72 Å². The van der Waals surface area contributed by atoms with Crippen molar-refractivity contribution in [1.82, 2.24) is 9.62 Å². The lowest BCUT2D eigenvalue weighted by atomic mass is 10.1. The van der Waals surface area contributed by atoms with Gasteiger partial charge in [0, 0.05) is 31.9 Å². The Morgan fingerprint density at radius 2 is 1.66 bits per heavy atom. The number of nitrogens with one attached hydrogen (secondary N) is 1. The van der Waals surface area contributed by atoms with Crippen LogP contribution in [0.3, 0.4) is 0 Å². The third-order valence-corrected chi connectivity index (χ3v) is 8.74. The van der Waals surface area contributed by atoms with Gasteiger partial charge in [0.1, 0.15) is 10.3 Å². The molecule has 4 rings (SSSR count). The topological polar surface area (TPSA) is 69.7 Å². The first-order valence-corrected chi connectivity index (χ1v) is 12.9. The van der Waals surface area contributed by atoms with Crippen molar-refractivity contribution in [2.45, 2.75) is 24.1 Å². The van der Waals surface area contributed by atoms with Gasteiger partial charge in [0.25, 0.3) is 10.0 Å². The van der Waals surface area contributed by atoms with E-state index in [1.54, 1.807) is 34.5 Å². The van der Waals surface area contributed by atoms with Crippen LogP contribution in [-0.2, 0) is 14.8 Å². The summed E-state index contributed by atoms with van der Waals surface area (Å²) in [5.74, 6) is -0.225. The number of piperazine rings is 1. The quantitative estimate of drug-likeness (QED) is 0.597. The lowest BCUT2D eigenvalue weighted by Gasteiger charge is -2.38. The minimum Gasteiger partial charge on any atom is -0.368 e. The third kappa shape index (κ3) is 4.72. The highest BCUT2D eigenvalue weighted by Gasteiger charge is 2.32. The van der Waals surface area contributed by atoms with Gasteiger partial charge in [-0.1, -0.05) is 48.5 Å². The molecule has 6 nitrogen and oxygen atoms in total. The van der Waals surface area contributed by atoms with Gasteiger partial charge in [-0.25, -0.2) is 8.42 Å². The number of amides is 1. The molecule has 8 heteroatoms. The number of nitrogens with zero attached hydrogens (tertiary/aromatic N) is 2. The van der Waals surface area contributed by atoms with E-state index < -0.39 is 16.1 Å². The molecule has 1 N–H and O–H groups in total. The second-order valence-electron chi connectivity index (χ2n) is 7.93. The van der Waals surface area contributed by atoms with Crippen molar-refractivity contribution in [3.8, 4) is 0 Å². The van der Waals surface area contributed by atoms with E-state index in [9.17, 15) is 13.2 Å². The average molecular weight is 470 g/mol. The molecule has 32 heavy (non-hydrogen) atoms. The molecular formula is C24H27N3O3S2. The molecule has 3 aromatic rings. The van der Waals surface area contributed by atoms with E-state index in [-0.39, 0.29) is 10.1 Å². The van der Waals surface area contributed by atoms with E-state index in [1.165, 1.54) is 16.8 Å². The molecule has 1 aromatic heterocycles. The summed E-state index contributed by atoms with van der Waals surface area (Å²) >= 11 is 1.13. The van der Waals surface area contributed by atoms with Gasteiger partial charge in [-0.05, 0) is 48.1 Å². The molecule has 2 heterocycles. The number of thiophene rings is 1. The van der Waals surface area contributed by atoms with Crippen molar-refractivity contribution in [2.75, 3.05) is 31.1 Å². The minimum atomic E-state index is -3.80. The third-order valence-electron chi connectivity index (χ3n) is 5.92. The van der Waals surface area contributed by atoms with Crippen molar-refractivity contribution < 1.29 is 13.2 Å². The number of sulfonamides is 1. The zero-order chi connectivity index (χ0) is 22.7. The van der Waals surface area contributed by atoms with Crippen molar-refractivity contribution >= 4 is 33.0 Å². The summed E-state index contributed by atoms with van der Waals surface area (Å²) in [4.78, 5) is 17.5. The normalized spacial score (nSPS) is 15.6. The number of benzene rings is 2. The first-order valence-electron chi connectivity index (χ1n) is 10.6. The van der Waals surface area contributed by atoms with Crippen LogP contribution in [0.25, 0.3) is 0 Å². The Balaban J connectivity index is 1.53. The molecule has 0 spiro atoms. The van der Waals surface area contributed by atoms with Crippen molar-refractivity contribution in [2.24, 2.45) is 0 Å². The Labute approximate surface area is 193 Å². The van der Waals surface area contributed by atoms with Crippen LogP contribution < -0.4 is 9.62 Å². The second kappa shape index (κ2) is 9.44. The molecule has 1 aliphatic heterocycles. The van der Waals surface area contributed by atoms with Gasteiger partial charge < -0.3 is 9.80 Å². The van der Waals surface area contributed by atoms with Crippen molar-refractivity contribution in [1.29, 1.82) is 0 Å². The Morgan fingerprint density at radius 1 is 0.938 bits per heavy atom. The van der Waals surface area contributed by atoms with Gasteiger partial charge in [0.2, 0.25) is 5.91 Å². The monoisotopic (exact) mass is 469 g/mol. The first-order chi connectivity index (χ1) is 15.4. The SMILES string of the molecule is Cc1cccc(N2CCN(C(=O)[C@@H](NS(=O)(=O)c3cccs3)c3ccccc3)CC2)c1C. The maximum atomic E-state index is 13.5. The zero-order valence-corrected chi connectivity index (χ0v) is 19.8. The van der Waals surface area contributed by atoms with Crippen LogP contribution in [0.15, 0.2) is 70.3 Å². The standard InChI is InChI=1S/C24H27N3O3S2/c1-18-8-6-11-21(19(18)2)26-13-15-27(16-14-26)24(28)23(20-9-4-3-5-10-20)25-32(29,30)22-12-7-17-31-22/h3-12,17,23,25H,13-16H2,1-2H3/t23-/m0/s1. The van der Waals surface area contributed by atoms with E-state index in [2.05, 4.69) is 41.7 Å². The van der Waals surface area contributed by atoms with E-state index >= 15 is 0 Å². The van der Waals surface area contributed by atoms with E-state index in [0.29, 0.717) is 31.7 Å². The second-order valence-corrected chi connectivity index (χ2v) is 10.8. The van der Waals surface area contributed by atoms with Crippen LogP contribution in [0, 0.1) is 13.8 Å². The molecule has 1 saturated heterocycles. The van der Waals surface area contributed by atoms with Crippen LogP contribution in [0.5, 0.6) is 0 Å². The highest BCUT2D eigenvalue weighted by molar-refractivity contribution is 7.91. The molecule has 0 bridgehead atoms. The average Bonchev–Trinajstić information content (AvgIpc) is 3.36. The fourth-order valence-electron chi connectivity index (χ4n) is 3.96. The van der Waals surface area contributed by atoms with E-state index in [1.807, 2.05) is 18.2 Å². The van der Waals surface area contributed by atoms with E-state index in [4.69, 9.17) is 0 Å². The van der Waals surface area contributed by atoms with Crippen molar-refractivity contribution in [3.05, 3.63) is 82.7 Å². The maximum absolute atomic E-state index is 13.5. The molecule has 168 valence electrons. The number of carbonyl (C=O) groups is 1. The lowest BCUT2D eigenvalue weighted by Crippen LogP contribution is -2.52. The number of rotatable bonds is 6. The first kappa shape index (κ1) is 22.5. The number of hydrogen-bond donors (Lipinski definition) is 1. The minimum absolute atomic E-state index is 0.200. The van der Waals surface area contributed by atoms with Crippen LogP contribution in [0.4, 0.5) is 5.69 Å². The highest BCUT2D eigenvalue weighted by atomic mass is 32.2. The summed E-state index contributed by atoms with van der Waals surface area (Å²) in [6, 6.07) is 17.6. The largest absolute Gasteiger partial charge is 0.368 e. The summed E-state index contributed by atoms with van der Waals surface area (Å²) in [6.07, 6.45) is 0. The smallest absolute Gasteiger partial charge is 0.251 e. The Bertz CT molecular complexity index is 1170. The number of anilines is 1. The molecule has 0 aliphatic carbocycles. The molecule has 1 atom stereocenters. The Hall–Kier alpha value is -2.68. The van der Waals surface area contributed by atoms with Gasteiger partial charge in [-0.3, -0.25) is 4.79 Å². The molecule has 2 aromatic carbocycles. The predicted molar refractivity (Wildman–Crippen MR) is 129 cm³/mol. The number of carbonyl (C=O) groups excluding carboxylic acids is 1. The Morgan fingerprint density at radius 3 is 2.31 bits per heavy atom. The fourth-order valence-corrected chi connectivity index (χ4v) is 6.15. The number of hydrogen-bond acceptors (Lipinski definition) is 5. The summed E-state index contributed by atoms with van der Waals surface area (Å²) in [6.45, 7) is 6.70. The fraction of sp³-hybridized carbons (Fsp3) is 0.292. The summed E-state index contributed by atoms with van der Waals surface area (Å²) in [7, 11) is -3.80. The van der Waals surface area contributed by atoms with Crippen molar-refractivity contribution in [3.63, 3.8) is 0 Å². The lowest BCUT2D eigenvalue weighted by molar-refractivity contribution is -0.133. The summed E-state index contributed by atoms with van der Waals surface area (Å²) in [5, 5.41) is 1.71. The van der Waals surface area contributed by atoms with Crippen LogP contribution >= 0.6 is 11.3 Å². The number of aryl methyl sites for hydroxylation is 1. The molecule has 0 unspecified atom stereocenters. The van der Waals surface area contributed by atoms with Gasteiger partial charge in [0.05, 0.1) is 0 Å². The molecule has 1 amide bonds. The molecule has 0 radical (unpaired) electrons. The zero-order valence-electron chi connectivity index (χ0n) is 18.2. The van der Waals surface area contributed by atoms with Crippen LogP contribution in [-0.4, -0.2) is 45.4 Å². The molecule has 0 saturated carbocycles. The van der Waals surface area contributed by atoms with Crippen LogP contribution in [0.2, 0.25) is 0 Å². The predicted octanol–water partition coefficient (Wildman–Crippen LogP) is 3.73. The maximum Gasteiger partial charge on any atom is 0.251 e. The molecule has 1 aliphatic rings. The molecule has 1 fully saturated rings. The van der Waals surface area contributed by atoms with Crippen LogP contribution in [0.1, 0.15) is 22.7 Å². The summed E-state index contributed by atoms with van der Waals surface area (Å²) in [5.41, 5.74) is 4.32. The van der Waals surface area contributed by atoms with Gasteiger partial charge in [0.15, 0.2) is 0 Å². The van der Waals surface area contributed by atoms with Gasteiger partial charge >= 0.3 is 0 Å².